The molecule has 0 fully saturated rings. The van der Waals surface area contributed by atoms with Crippen LogP contribution in [0.5, 0.6) is 0 Å². The van der Waals surface area contributed by atoms with Crippen LogP contribution in [0.15, 0.2) is 42.7 Å². The first kappa shape index (κ1) is 18.6. The summed E-state index contributed by atoms with van der Waals surface area (Å²) in [6.45, 7) is 3.73. The molecule has 0 saturated carbocycles. The Bertz CT molecular complexity index is 1170. The summed E-state index contributed by atoms with van der Waals surface area (Å²) in [7, 11) is 1.85. The number of nitrogens with zero attached hydrogens (tertiary/aromatic N) is 3. The molecule has 0 aliphatic carbocycles. The Morgan fingerprint density at radius 2 is 1.89 bits per heavy atom. The molecule has 4 aromatic rings. The number of halogens is 2. The van der Waals surface area contributed by atoms with Gasteiger partial charge in [0.2, 0.25) is 5.95 Å². The third-order valence-electron chi connectivity index (χ3n) is 4.73. The fourth-order valence-corrected chi connectivity index (χ4v) is 4.37. The highest BCUT2D eigenvalue weighted by atomic mass is 32.1. The molecule has 0 bridgehead atoms. The quantitative estimate of drug-likeness (QED) is 0.477. The molecule has 0 radical (unpaired) electrons. The summed E-state index contributed by atoms with van der Waals surface area (Å²) < 4.78 is 29.2. The standard InChI is InChI=1S/C21H18F2N4S/c1-11(24-3)16-9-26-19(23)8-15(16)14-6-4-5-13-7-18(28-21(13)14)20-17(22)10-25-12(2)27-20/h4-11,24H,1-3H3. The van der Waals surface area contributed by atoms with E-state index in [2.05, 4.69) is 20.3 Å². The summed E-state index contributed by atoms with van der Waals surface area (Å²) in [5.41, 5.74) is 2.84. The monoisotopic (exact) mass is 396 g/mol. The predicted octanol–water partition coefficient (Wildman–Crippen LogP) is 5.29. The predicted molar refractivity (Wildman–Crippen MR) is 108 cm³/mol. The second kappa shape index (κ2) is 7.33. The van der Waals surface area contributed by atoms with Crippen molar-refractivity contribution in [3.63, 3.8) is 0 Å². The van der Waals surface area contributed by atoms with E-state index in [4.69, 9.17) is 0 Å². The minimum atomic E-state index is -0.534. The molecule has 1 N–H and O–H groups in total. The van der Waals surface area contributed by atoms with Gasteiger partial charge in [0.25, 0.3) is 0 Å². The molecule has 0 aliphatic heterocycles. The normalized spacial score (nSPS) is 12.5. The van der Waals surface area contributed by atoms with Crippen LogP contribution in [0.25, 0.3) is 31.8 Å². The summed E-state index contributed by atoms with van der Waals surface area (Å²) in [6, 6.07) is 9.19. The minimum absolute atomic E-state index is 0.000234. The van der Waals surface area contributed by atoms with Gasteiger partial charge >= 0.3 is 0 Å². The highest BCUT2D eigenvalue weighted by Crippen LogP contribution is 2.41. The van der Waals surface area contributed by atoms with E-state index in [1.807, 2.05) is 38.2 Å². The zero-order valence-corrected chi connectivity index (χ0v) is 16.4. The molecule has 3 heterocycles. The van der Waals surface area contributed by atoms with E-state index in [0.717, 1.165) is 26.8 Å². The van der Waals surface area contributed by atoms with Crippen molar-refractivity contribution in [2.45, 2.75) is 19.9 Å². The molecule has 1 unspecified atom stereocenters. The Labute approximate surface area is 165 Å². The molecule has 0 spiro atoms. The lowest BCUT2D eigenvalue weighted by Crippen LogP contribution is -2.14. The molecule has 1 atom stereocenters. The first-order valence-electron chi connectivity index (χ1n) is 8.83. The van der Waals surface area contributed by atoms with E-state index < -0.39 is 11.8 Å². The van der Waals surface area contributed by atoms with E-state index in [1.165, 1.54) is 23.6 Å². The largest absolute Gasteiger partial charge is 0.313 e. The van der Waals surface area contributed by atoms with Crippen LogP contribution in [-0.2, 0) is 0 Å². The summed E-state index contributed by atoms with van der Waals surface area (Å²) in [6.07, 6.45) is 2.75. The van der Waals surface area contributed by atoms with Crippen molar-refractivity contribution < 1.29 is 8.78 Å². The number of aryl methyl sites for hydroxylation is 1. The molecular weight excluding hydrogens is 378 g/mol. The van der Waals surface area contributed by atoms with Crippen LogP contribution in [0.1, 0.15) is 24.4 Å². The van der Waals surface area contributed by atoms with Crippen LogP contribution >= 0.6 is 11.3 Å². The minimum Gasteiger partial charge on any atom is -0.313 e. The molecule has 142 valence electrons. The van der Waals surface area contributed by atoms with Crippen molar-refractivity contribution in [2.24, 2.45) is 0 Å². The van der Waals surface area contributed by atoms with Crippen LogP contribution < -0.4 is 5.32 Å². The van der Waals surface area contributed by atoms with Gasteiger partial charge in [0, 0.05) is 28.6 Å². The van der Waals surface area contributed by atoms with Gasteiger partial charge < -0.3 is 5.32 Å². The van der Waals surface area contributed by atoms with Gasteiger partial charge in [-0.2, -0.15) is 4.39 Å². The van der Waals surface area contributed by atoms with Crippen molar-refractivity contribution in [1.82, 2.24) is 20.3 Å². The zero-order chi connectivity index (χ0) is 19.8. The molecule has 4 rings (SSSR count). The van der Waals surface area contributed by atoms with Gasteiger partial charge in [0.1, 0.15) is 11.5 Å². The van der Waals surface area contributed by atoms with Gasteiger partial charge in [0.05, 0.1) is 11.1 Å². The van der Waals surface area contributed by atoms with E-state index in [1.54, 1.807) is 13.1 Å². The summed E-state index contributed by atoms with van der Waals surface area (Å²) in [5.74, 6) is -0.484. The third kappa shape index (κ3) is 3.27. The van der Waals surface area contributed by atoms with Gasteiger partial charge in [-0.1, -0.05) is 18.2 Å². The van der Waals surface area contributed by atoms with E-state index >= 15 is 0 Å². The van der Waals surface area contributed by atoms with Crippen LogP contribution in [0, 0.1) is 18.7 Å². The first-order valence-corrected chi connectivity index (χ1v) is 9.64. The lowest BCUT2D eigenvalue weighted by molar-refractivity contribution is 0.577. The van der Waals surface area contributed by atoms with Gasteiger partial charge in [0.15, 0.2) is 5.82 Å². The summed E-state index contributed by atoms with van der Waals surface area (Å²) in [4.78, 5) is 12.7. The zero-order valence-electron chi connectivity index (χ0n) is 15.6. The first-order chi connectivity index (χ1) is 13.5. The highest BCUT2D eigenvalue weighted by Gasteiger charge is 2.18. The van der Waals surface area contributed by atoms with E-state index in [9.17, 15) is 8.78 Å². The second-order valence-corrected chi connectivity index (χ2v) is 7.61. The number of fused-ring (bicyclic) bond motifs is 1. The lowest BCUT2D eigenvalue weighted by Gasteiger charge is -2.16. The van der Waals surface area contributed by atoms with Gasteiger partial charge in [-0.25, -0.2) is 19.3 Å². The van der Waals surface area contributed by atoms with Crippen molar-refractivity contribution >= 4 is 21.4 Å². The van der Waals surface area contributed by atoms with Crippen LogP contribution in [0.3, 0.4) is 0 Å². The molecule has 7 heteroatoms. The Morgan fingerprint density at radius 1 is 1.07 bits per heavy atom. The number of hydrogen-bond donors (Lipinski definition) is 1. The maximum atomic E-state index is 14.3. The maximum absolute atomic E-state index is 14.3. The maximum Gasteiger partial charge on any atom is 0.213 e. The topological polar surface area (TPSA) is 50.7 Å². The van der Waals surface area contributed by atoms with E-state index in [-0.39, 0.29) is 11.7 Å². The number of pyridine rings is 1. The van der Waals surface area contributed by atoms with E-state index in [0.29, 0.717) is 10.7 Å². The molecule has 3 aromatic heterocycles. The Morgan fingerprint density at radius 3 is 2.68 bits per heavy atom. The van der Waals surface area contributed by atoms with Crippen molar-refractivity contribution in [3.8, 4) is 21.7 Å². The van der Waals surface area contributed by atoms with Crippen LogP contribution in [0.4, 0.5) is 8.78 Å². The lowest BCUT2D eigenvalue weighted by atomic mass is 9.97. The molecule has 0 saturated heterocycles. The van der Waals surface area contributed by atoms with Gasteiger partial charge in [-0.3, -0.25) is 0 Å². The Kier molecular flexibility index (Phi) is 4.87. The second-order valence-electron chi connectivity index (χ2n) is 6.55. The fourth-order valence-electron chi connectivity index (χ4n) is 3.19. The molecule has 0 aliphatic rings. The van der Waals surface area contributed by atoms with Crippen molar-refractivity contribution in [3.05, 3.63) is 65.9 Å². The average Bonchev–Trinajstić information content (AvgIpc) is 3.13. The Hall–Kier alpha value is -2.77. The highest BCUT2D eigenvalue weighted by molar-refractivity contribution is 7.22. The smallest absolute Gasteiger partial charge is 0.213 e. The van der Waals surface area contributed by atoms with Crippen molar-refractivity contribution in [1.29, 1.82) is 0 Å². The van der Waals surface area contributed by atoms with Crippen LogP contribution in [0.2, 0.25) is 0 Å². The van der Waals surface area contributed by atoms with Crippen LogP contribution in [-0.4, -0.2) is 22.0 Å². The van der Waals surface area contributed by atoms with Crippen molar-refractivity contribution in [2.75, 3.05) is 7.05 Å². The fraction of sp³-hybridized carbons (Fsp3) is 0.190. The number of nitrogens with one attached hydrogen (secondary N) is 1. The molecule has 0 amide bonds. The molecule has 28 heavy (non-hydrogen) atoms. The molecular formula is C21H18F2N4S. The number of aromatic nitrogens is 3. The number of rotatable bonds is 4. The number of thiophene rings is 1. The number of hydrogen-bond acceptors (Lipinski definition) is 5. The summed E-state index contributed by atoms with van der Waals surface area (Å²) >= 11 is 1.44. The number of benzene rings is 1. The molecule has 4 nitrogen and oxygen atoms in total. The third-order valence-corrected chi connectivity index (χ3v) is 5.92. The molecule has 1 aromatic carbocycles. The average molecular weight is 396 g/mol. The summed E-state index contributed by atoms with van der Waals surface area (Å²) in [5, 5.41) is 4.13. The van der Waals surface area contributed by atoms with Gasteiger partial charge in [-0.15, -0.1) is 11.3 Å². The SMILES string of the molecule is CNC(C)c1cnc(F)cc1-c1cccc2cc(-c3nc(C)ncc3F)sc12. The Balaban J connectivity index is 1.94. The van der Waals surface area contributed by atoms with Gasteiger partial charge in [-0.05, 0) is 43.5 Å².